The molecule has 0 unspecified atom stereocenters. The zero-order valence-corrected chi connectivity index (χ0v) is 18.2. The van der Waals surface area contributed by atoms with Crippen molar-refractivity contribution in [3.63, 3.8) is 0 Å². The van der Waals surface area contributed by atoms with Crippen LogP contribution >= 0.6 is 0 Å². The highest BCUT2D eigenvalue weighted by Gasteiger charge is 2.63. The Morgan fingerprint density at radius 3 is 2.71 bits per heavy atom. The number of aromatic nitrogens is 3. The minimum Gasteiger partial charge on any atom is -0.463 e. The molecular formula is C22H23N5O7. The van der Waals surface area contributed by atoms with Gasteiger partial charge in [-0.05, 0) is 31.4 Å². The van der Waals surface area contributed by atoms with E-state index >= 15 is 0 Å². The molecule has 12 nitrogen and oxygen atoms in total. The van der Waals surface area contributed by atoms with Gasteiger partial charge in [-0.25, -0.2) is 9.50 Å². The molecule has 2 aromatic rings. The van der Waals surface area contributed by atoms with Gasteiger partial charge >= 0.3 is 17.9 Å². The molecule has 3 aliphatic rings. The molecular weight excluding hydrogens is 446 g/mol. The first-order valence-corrected chi connectivity index (χ1v) is 11.2. The van der Waals surface area contributed by atoms with Crippen molar-refractivity contribution in [2.75, 3.05) is 12.3 Å². The number of hydrogen-bond donors (Lipinski definition) is 1. The van der Waals surface area contributed by atoms with Crippen LogP contribution in [0, 0.1) is 17.2 Å². The second-order valence-electron chi connectivity index (χ2n) is 8.64. The summed E-state index contributed by atoms with van der Waals surface area (Å²) in [6.07, 6.45) is 0.366. The first-order valence-electron chi connectivity index (χ1n) is 11.2. The van der Waals surface area contributed by atoms with Crippen molar-refractivity contribution in [2.45, 2.75) is 62.4 Å². The topological polar surface area (TPSA) is 168 Å². The summed E-state index contributed by atoms with van der Waals surface area (Å²) in [4.78, 5) is 41.3. The first kappa shape index (κ1) is 22.1. The molecule has 4 atom stereocenters. The van der Waals surface area contributed by atoms with E-state index in [1.54, 1.807) is 12.1 Å². The summed E-state index contributed by atoms with van der Waals surface area (Å²) in [5.41, 5.74) is 4.66. The Labute approximate surface area is 193 Å². The molecule has 178 valence electrons. The molecule has 2 N–H and O–H groups in total. The summed E-state index contributed by atoms with van der Waals surface area (Å²) in [6.45, 7) is -0.273. The Hall–Kier alpha value is -3.72. The second kappa shape index (κ2) is 8.57. The molecule has 34 heavy (non-hydrogen) atoms. The summed E-state index contributed by atoms with van der Waals surface area (Å²) in [5, 5.41) is 14.5. The standard InChI is InChI=1S/C22H23N5O7/c23-10-22(15-8-7-13-20(24)25-11-26-27(13)15)19-18(32-16(28)5-2-6-17(29)33-19)14(34-22)9-31-21(30)12-3-1-4-12/h7-8,11-12,14,18-19H,1-6,9H2,(H2,24,25,26)/t14-,18-,19-,22+/m1/s1. The number of rotatable bonds is 4. The van der Waals surface area contributed by atoms with Crippen molar-refractivity contribution >= 4 is 29.2 Å². The van der Waals surface area contributed by atoms with Crippen LogP contribution in [0.15, 0.2) is 18.5 Å². The van der Waals surface area contributed by atoms with E-state index in [0.29, 0.717) is 5.52 Å². The third kappa shape index (κ3) is 3.62. The van der Waals surface area contributed by atoms with Gasteiger partial charge in [0.15, 0.2) is 18.0 Å². The fourth-order valence-corrected chi connectivity index (χ4v) is 4.52. The Balaban J connectivity index is 1.55. The number of carbonyl (C=O) groups excluding carboxylic acids is 3. The number of anilines is 1. The number of nitrogen functional groups attached to an aromatic ring is 1. The van der Waals surface area contributed by atoms with Gasteiger partial charge in [-0.3, -0.25) is 14.4 Å². The van der Waals surface area contributed by atoms with Crippen LogP contribution in [-0.2, 0) is 38.9 Å². The number of nitriles is 1. The van der Waals surface area contributed by atoms with E-state index in [-0.39, 0.29) is 49.3 Å². The van der Waals surface area contributed by atoms with Crippen molar-refractivity contribution in [3.05, 3.63) is 24.2 Å². The van der Waals surface area contributed by atoms with E-state index < -0.39 is 35.9 Å². The van der Waals surface area contributed by atoms with Crippen molar-refractivity contribution in [3.8, 4) is 6.07 Å². The van der Waals surface area contributed by atoms with Crippen LogP contribution in [0.2, 0.25) is 0 Å². The average molecular weight is 469 g/mol. The summed E-state index contributed by atoms with van der Waals surface area (Å²) >= 11 is 0. The maximum atomic E-state index is 12.5. The number of nitrogens with zero attached hydrogens (tertiary/aromatic N) is 4. The van der Waals surface area contributed by atoms with Crippen LogP contribution < -0.4 is 5.73 Å². The Bertz CT molecular complexity index is 1190. The van der Waals surface area contributed by atoms with Gasteiger partial charge in [-0.15, -0.1) is 0 Å². The summed E-state index contributed by atoms with van der Waals surface area (Å²) in [6, 6.07) is 5.27. The third-order valence-corrected chi connectivity index (χ3v) is 6.55. The quantitative estimate of drug-likeness (QED) is 0.496. The minimum absolute atomic E-state index is 0.00424. The molecule has 0 bridgehead atoms. The molecule has 0 amide bonds. The number of fused-ring (bicyclic) bond motifs is 2. The molecule has 12 heteroatoms. The van der Waals surface area contributed by atoms with E-state index in [9.17, 15) is 19.6 Å². The molecule has 1 aliphatic carbocycles. The Morgan fingerprint density at radius 2 is 2.00 bits per heavy atom. The van der Waals surface area contributed by atoms with Gasteiger partial charge in [-0.2, -0.15) is 10.4 Å². The molecule has 2 aliphatic heterocycles. The SMILES string of the molecule is N#C[C@@]1(c2ccc3c(N)ncnn23)O[C@H](COC(=O)C2CCC2)[C@H]2OC(=O)CCCC(=O)O[C@H]21. The predicted molar refractivity (Wildman–Crippen MR) is 111 cm³/mol. The summed E-state index contributed by atoms with van der Waals surface area (Å²) < 4.78 is 24.3. The van der Waals surface area contributed by atoms with E-state index in [4.69, 9.17) is 24.7 Å². The van der Waals surface area contributed by atoms with Gasteiger partial charge in [0.1, 0.15) is 30.6 Å². The van der Waals surface area contributed by atoms with E-state index in [1.165, 1.54) is 10.8 Å². The van der Waals surface area contributed by atoms with Crippen LogP contribution in [0.4, 0.5) is 5.82 Å². The monoisotopic (exact) mass is 469 g/mol. The van der Waals surface area contributed by atoms with E-state index in [2.05, 4.69) is 16.2 Å². The highest BCUT2D eigenvalue weighted by atomic mass is 16.7. The molecule has 0 spiro atoms. The van der Waals surface area contributed by atoms with E-state index in [0.717, 1.165) is 19.3 Å². The highest BCUT2D eigenvalue weighted by Crippen LogP contribution is 2.44. The number of carbonyl (C=O) groups is 3. The van der Waals surface area contributed by atoms with Gasteiger partial charge in [-0.1, -0.05) is 6.42 Å². The fourth-order valence-electron chi connectivity index (χ4n) is 4.52. The van der Waals surface area contributed by atoms with E-state index in [1.807, 2.05) is 0 Å². The Kier molecular flexibility index (Phi) is 5.57. The van der Waals surface area contributed by atoms with Gasteiger partial charge in [0.05, 0.1) is 11.6 Å². The van der Waals surface area contributed by atoms with Crippen molar-refractivity contribution in [1.29, 1.82) is 5.26 Å². The number of nitrogens with two attached hydrogens (primary N) is 1. The molecule has 5 rings (SSSR count). The lowest BCUT2D eigenvalue weighted by Gasteiger charge is -2.28. The fraction of sp³-hybridized carbons (Fsp3) is 0.545. The second-order valence-corrected chi connectivity index (χ2v) is 8.64. The van der Waals surface area contributed by atoms with Crippen LogP contribution in [0.3, 0.4) is 0 Å². The van der Waals surface area contributed by atoms with Crippen molar-refractivity contribution in [2.24, 2.45) is 5.92 Å². The third-order valence-electron chi connectivity index (χ3n) is 6.55. The van der Waals surface area contributed by atoms with Gasteiger partial charge in [0.25, 0.3) is 0 Å². The molecule has 2 saturated heterocycles. The van der Waals surface area contributed by atoms with Gasteiger partial charge in [0, 0.05) is 12.8 Å². The zero-order chi connectivity index (χ0) is 23.9. The van der Waals surface area contributed by atoms with Crippen LogP contribution in [-0.4, -0.2) is 57.4 Å². The molecule has 3 fully saturated rings. The minimum atomic E-state index is -1.91. The number of esters is 3. The summed E-state index contributed by atoms with van der Waals surface area (Å²) in [7, 11) is 0. The summed E-state index contributed by atoms with van der Waals surface area (Å²) in [5.74, 6) is -1.53. The molecule has 2 aromatic heterocycles. The molecule has 0 aromatic carbocycles. The largest absolute Gasteiger partial charge is 0.463 e. The average Bonchev–Trinajstić information content (AvgIpc) is 3.34. The Morgan fingerprint density at radius 1 is 1.24 bits per heavy atom. The lowest BCUT2D eigenvalue weighted by atomic mass is 9.86. The number of hydrogen-bond acceptors (Lipinski definition) is 11. The van der Waals surface area contributed by atoms with Crippen molar-refractivity contribution < 1.29 is 33.3 Å². The zero-order valence-electron chi connectivity index (χ0n) is 18.2. The lowest BCUT2D eigenvalue weighted by Crippen LogP contribution is -2.45. The first-order chi connectivity index (χ1) is 16.4. The maximum Gasteiger partial charge on any atom is 0.309 e. The van der Waals surface area contributed by atoms with Crippen LogP contribution in [0.1, 0.15) is 44.2 Å². The molecule has 0 radical (unpaired) electrons. The highest BCUT2D eigenvalue weighted by molar-refractivity contribution is 5.75. The van der Waals surface area contributed by atoms with Crippen LogP contribution in [0.25, 0.3) is 5.52 Å². The smallest absolute Gasteiger partial charge is 0.309 e. The van der Waals surface area contributed by atoms with Crippen LogP contribution in [0.5, 0.6) is 0 Å². The normalized spacial score (nSPS) is 29.6. The van der Waals surface area contributed by atoms with Gasteiger partial charge in [0.2, 0.25) is 5.60 Å². The lowest BCUT2D eigenvalue weighted by molar-refractivity contribution is -0.167. The maximum absolute atomic E-state index is 12.5. The molecule has 1 saturated carbocycles. The number of ether oxygens (including phenoxy) is 4. The van der Waals surface area contributed by atoms with Gasteiger partial charge < -0.3 is 24.7 Å². The van der Waals surface area contributed by atoms with Crippen molar-refractivity contribution in [1.82, 2.24) is 14.6 Å². The predicted octanol–water partition coefficient (Wildman–Crippen LogP) is 0.780. The molecule has 4 heterocycles.